The number of carbonyl (C=O) groups excluding carboxylic acids is 2. The van der Waals surface area contributed by atoms with Crippen LogP contribution in [-0.4, -0.2) is 34.3 Å². The van der Waals surface area contributed by atoms with Gasteiger partial charge in [-0.1, -0.05) is 23.4 Å². The molecule has 0 radical (unpaired) electrons. The minimum absolute atomic E-state index is 0.0526. The maximum Gasteiger partial charge on any atom is 0.323 e. The minimum atomic E-state index is -1.52. The van der Waals surface area contributed by atoms with Gasteiger partial charge in [-0.15, -0.1) is 11.3 Å². The van der Waals surface area contributed by atoms with Crippen molar-refractivity contribution >= 4 is 45.6 Å². The molecule has 1 aromatic carbocycles. The number of imide groups is 1. The number of fused-ring (bicyclic) bond motifs is 1. The summed E-state index contributed by atoms with van der Waals surface area (Å²) < 4.78 is 7.24. The van der Waals surface area contributed by atoms with Gasteiger partial charge in [0.15, 0.2) is 5.88 Å². The van der Waals surface area contributed by atoms with Crippen molar-refractivity contribution in [2.75, 3.05) is 7.11 Å². The molecule has 1 saturated heterocycles. The highest BCUT2D eigenvalue weighted by molar-refractivity contribution is 7.16. The van der Waals surface area contributed by atoms with E-state index in [1.807, 2.05) is 0 Å². The molecule has 7 nitrogen and oxygen atoms in total. The van der Waals surface area contributed by atoms with Gasteiger partial charge in [-0.3, -0.25) is 10.1 Å². The first-order valence-electron chi connectivity index (χ1n) is 8.18. The van der Waals surface area contributed by atoms with Gasteiger partial charge in [0.25, 0.3) is 5.91 Å². The fraction of sp³-hybridized carbons (Fsp3) is 0.158. The van der Waals surface area contributed by atoms with E-state index in [0.717, 1.165) is 5.39 Å². The number of hydrogen-bond acceptors (Lipinski definition) is 5. The number of thiophene rings is 1. The van der Waals surface area contributed by atoms with E-state index in [1.54, 1.807) is 36.5 Å². The molecule has 1 fully saturated rings. The molecule has 4 rings (SSSR count). The van der Waals surface area contributed by atoms with Crippen LogP contribution < -0.4 is 15.4 Å². The lowest BCUT2D eigenvalue weighted by atomic mass is 10.0. The molecule has 28 heavy (non-hydrogen) atoms. The molecule has 1 aliphatic heterocycles. The summed E-state index contributed by atoms with van der Waals surface area (Å²) in [6.45, 7) is -0.0699. The van der Waals surface area contributed by atoms with Crippen molar-refractivity contribution in [1.29, 1.82) is 0 Å². The summed E-state index contributed by atoms with van der Waals surface area (Å²) in [5, 5.41) is 16.7. The summed E-state index contributed by atoms with van der Waals surface area (Å²) in [5.41, 5.74) is -1.52. The molecule has 0 saturated carbocycles. The summed E-state index contributed by atoms with van der Waals surface area (Å²) in [5.74, 6) is 5.69. The summed E-state index contributed by atoms with van der Waals surface area (Å²) in [6, 6.07) is 8.06. The largest absolute Gasteiger partial charge is 0.497 e. The van der Waals surface area contributed by atoms with Crippen LogP contribution in [0.4, 0.5) is 4.79 Å². The Morgan fingerprint density at radius 1 is 1.32 bits per heavy atom. The van der Waals surface area contributed by atoms with Gasteiger partial charge >= 0.3 is 6.03 Å². The van der Waals surface area contributed by atoms with Crippen molar-refractivity contribution in [2.45, 2.75) is 12.1 Å². The van der Waals surface area contributed by atoms with E-state index < -0.39 is 17.5 Å². The molecular weight excluding hydrogens is 402 g/mol. The topological polar surface area (TPSA) is 92.6 Å². The average molecular weight is 416 g/mol. The van der Waals surface area contributed by atoms with Gasteiger partial charge in [-0.05, 0) is 30.3 Å². The Balaban J connectivity index is 1.76. The summed E-state index contributed by atoms with van der Waals surface area (Å²) in [6.07, 6.45) is 1.69. The maximum atomic E-state index is 12.5. The Hall–Kier alpha value is -3.15. The predicted octanol–water partition coefficient (Wildman–Crippen LogP) is 2.70. The molecule has 0 unspecified atom stereocenters. The Kier molecular flexibility index (Phi) is 4.41. The van der Waals surface area contributed by atoms with E-state index in [-0.39, 0.29) is 12.4 Å². The van der Waals surface area contributed by atoms with Crippen LogP contribution in [0.15, 0.2) is 36.5 Å². The first-order chi connectivity index (χ1) is 13.4. The van der Waals surface area contributed by atoms with E-state index in [4.69, 9.17) is 16.3 Å². The quantitative estimate of drug-likeness (QED) is 0.453. The van der Waals surface area contributed by atoms with Gasteiger partial charge in [0.1, 0.15) is 5.75 Å². The second kappa shape index (κ2) is 6.78. The molecular formula is C19H14ClN3O4S. The first kappa shape index (κ1) is 18.2. The molecule has 1 atom stereocenters. The van der Waals surface area contributed by atoms with Crippen LogP contribution in [0.25, 0.3) is 10.8 Å². The molecule has 9 heteroatoms. The highest BCUT2D eigenvalue weighted by Gasteiger charge is 2.46. The number of hydrogen-bond donors (Lipinski definition) is 3. The van der Waals surface area contributed by atoms with Gasteiger partial charge in [-0.2, -0.15) is 0 Å². The number of benzene rings is 1. The van der Waals surface area contributed by atoms with E-state index in [9.17, 15) is 14.7 Å². The number of nitrogens with one attached hydrogen (secondary N) is 2. The Morgan fingerprint density at radius 2 is 2.14 bits per heavy atom. The van der Waals surface area contributed by atoms with Crippen LogP contribution in [0.2, 0.25) is 4.34 Å². The van der Waals surface area contributed by atoms with E-state index >= 15 is 0 Å². The normalized spacial score (nSPS) is 18.5. The van der Waals surface area contributed by atoms with Crippen LogP contribution in [0, 0.1) is 11.8 Å². The molecule has 3 amide bonds. The molecule has 3 N–H and O–H groups in total. The van der Waals surface area contributed by atoms with Crippen molar-refractivity contribution in [1.82, 2.24) is 15.2 Å². The van der Waals surface area contributed by atoms with E-state index in [0.29, 0.717) is 20.3 Å². The highest BCUT2D eigenvalue weighted by Crippen LogP contribution is 2.32. The minimum Gasteiger partial charge on any atom is -0.497 e. The van der Waals surface area contributed by atoms with Crippen LogP contribution in [0.5, 0.6) is 11.6 Å². The number of carbonyl (C=O) groups is 2. The number of nitrogens with zero attached hydrogens (tertiary/aromatic N) is 1. The fourth-order valence-corrected chi connectivity index (χ4v) is 3.91. The van der Waals surface area contributed by atoms with Crippen molar-refractivity contribution in [2.24, 2.45) is 0 Å². The zero-order chi connectivity index (χ0) is 19.9. The van der Waals surface area contributed by atoms with E-state index in [2.05, 4.69) is 22.5 Å². The molecule has 142 valence electrons. The van der Waals surface area contributed by atoms with Crippen molar-refractivity contribution in [3.8, 4) is 23.5 Å². The third kappa shape index (κ3) is 3.15. The lowest BCUT2D eigenvalue weighted by molar-refractivity contribution is -0.122. The molecule has 2 aromatic heterocycles. The molecule has 0 aliphatic carbocycles. The van der Waals surface area contributed by atoms with Gasteiger partial charge < -0.3 is 19.7 Å². The average Bonchev–Trinajstić information content (AvgIpc) is 3.30. The summed E-state index contributed by atoms with van der Waals surface area (Å²) in [7, 11) is 1.54. The number of aromatic hydroxyl groups is 1. The number of halogens is 1. The first-order valence-corrected chi connectivity index (χ1v) is 9.37. The smallest absolute Gasteiger partial charge is 0.323 e. The second-order valence-electron chi connectivity index (χ2n) is 6.20. The Labute approximate surface area is 168 Å². The Bertz CT molecular complexity index is 1170. The van der Waals surface area contributed by atoms with Crippen LogP contribution in [0.3, 0.4) is 0 Å². The summed E-state index contributed by atoms with van der Waals surface area (Å²) >= 11 is 7.18. The molecule has 3 heterocycles. The monoisotopic (exact) mass is 415 g/mol. The number of rotatable bonds is 3. The molecule has 1 aliphatic rings. The van der Waals surface area contributed by atoms with Crippen LogP contribution in [0.1, 0.15) is 4.88 Å². The van der Waals surface area contributed by atoms with Crippen molar-refractivity contribution < 1.29 is 19.4 Å². The number of urea groups is 1. The zero-order valence-electron chi connectivity index (χ0n) is 14.6. The van der Waals surface area contributed by atoms with Gasteiger partial charge in [0, 0.05) is 17.0 Å². The number of methoxy groups -OCH3 is 1. The lowest BCUT2D eigenvalue weighted by Gasteiger charge is -2.20. The predicted molar refractivity (Wildman–Crippen MR) is 106 cm³/mol. The number of ether oxygens (including phenoxy) is 1. The zero-order valence-corrected chi connectivity index (χ0v) is 16.1. The van der Waals surface area contributed by atoms with Crippen LogP contribution >= 0.6 is 22.9 Å². The molecule has 3 aromatic rings. The van der Waals surface area contributed by atoms with Gasteiger partial charge in [-0.25, -0.2) is 4.79 Å². The van der Waals surface area contributed by atoms with E-state index in [1.165, 1.54) is 23.0 Å². The van der Waals surface area contributed by atoms with Crippen molar-refractivity contribution in [3.05, 3.63) is 45.7 Å². The summed E-state index contributed by atoms with van der Waals surface area (Å²) in [4.78, 5) is 25.0. The van der Waals surface area contributed by atoms with Crippen LogP contribution in [-0.2, 0) is 11.3 Å². The maximum absolute atomic E-state index is 12.5. The molecule has 0 spiro atoms. The van der Waals surface area contributed by atoms with Gasteiger partial charge in [0.05, 0.1) is 22.9 Å². The molecule has 0 bridgehead atoms. The Morgan fingerprint density at radius 3 is 2.79 bits per heavy atom. The number of aromatic nitrogens is 1. The lowest BCUT2D eigenvalue weighted by Crippen LogP contribution is -2.49. The third-order valence-corrected chi connectivity index (χ3v) is 5.54. The third-order valence-electron chi connectivity index (χ3n) is 4.39. The van der Waals surface area contributed by atoms with Gasteiger partial charge in [0.2, 0.25) is 5.54 Å². The second-order valence-corrected chi connectivity index (χ2v) is 7.92. The standard InChI is InChI=1S/C19H14ClN3O4S/c1-27-12-3-2-11-9-23(16(24)14(11)8-12)10-19(17(25)21-18(26)22-19)7-6-13-4-5-15(20)28-13/h2-5,8-9,24H,10H2,1H3,(H2,21,22,25,26)/t19-/m1/s1. The van der Waals surface area contributed by atoms with Crippen molar-refractivity contribution in [3.63, 3.8) is 0 Å². The number of amides is 3. The SMILES string of the molecule is COc1ccc2cn(C[C@@]3(C#Cc4ccc(Cl)s4)NC(=O)NC3=O)c(O)c2c1. The fourth-order valence-electron chi connectivity index (χ4n) is 3.01. The highest BCUT2D eigenvalue weighted by atomic mass is 35.5.